The van der Waals surface area contributed by atoms with Gasteiger partial charge in [-0.3, -0.25) is 4.90 Å². The Morgan fingerprint density at radius 3 is 2.83 bits per heavy atom. The summed E-state index contributed by atoms with van der Waals surface area (Å²) < 4.78 is 5.30. The molecule has 0 aromatic heterocycles. The summed E-state index contributed by atoms with van der Waals surface area (Å²) in [4.78, 5) is 15.7. The molecule has 5 heteroatoms. The van der Waals surface area contributed by atoms with Gasteiger partial charge >= 0.3 is 6.03 Å². The molecule has 1 atom stereocenters. The summed E-state index contributed by atoms with van der Waals surface area (Å²) in [7, 11) is 3.43. The molecule has 18 heavy (non-hydrogen) atoms. The number of amides is 2. The Hall–Kier alpha value is -1.75. The molecule has 5 nitrogen and oxygen atoms in total. The fourth-order valence-corrected chi connectivity index (χ4v) is 2.29. The van der Waals surface area contributed by atoms with E-state index in [4.69, 9.17) is 10.5 Å². The second-order valence-electron chi connectivity index (χ2n) is 4.41. The summed E-state index contributed by atoms with van der Waals surface area (Å²) in [5.74, 6) is 0.715. The van der Waals surface area contributed by atoms with Gasteiger partial charge in [-0.1, -0.05) is 12.1 Å². The number of hydrogen-bond acceptors (Lipinski definition) is 3. The standard InChI is InChI=1S/C13H19N3O2/c1-15-10(7-8-14)9-16(13(15)17)11-5-3-4-6-12(11)18-2/h3-6,10H,7-9,14H2,1-2H3. The molecule has 1 fully saturated rings. The lowest BCUT2D eigenvalue weighted by Gasteiger charge is -2.18. The van der Waals surface area contributed by atoms with Crippen molar-refractivity contribution in [3.63, 3.8) is 0 Å². The number of anilines is 1. The predicted octanol–water partition coefficient (Wildman–Crippen LogP) is 1.28. The van der Waals surface area contributed by atoms with E-state index in [2.05, 4.69) is 0 Å². The number of benzene rings is 1. The van der Waals surface area contributed by atoms with Crippen LogP contribution >= 0.6 is 0 Å². The van der Waals surface area contributed by atoms with Crippen molar-refractivity contribution in [2.45, 2.75) is 12.5 Å². The van der Waals surface area contributed by atoms with Gasteiger partial charge in [-0.05, 0) is 25.1 Å². The Morgan fingerprint density at radius 1 is 1.44 bits per heavy atom. The van der Waals surface area contributed by atoms with E-state index in [-0.39, 0.29) is 12.1 Å². The average Bonchev–Trinajstić information content (AvgIpc) is 2.67. The third-order valence-electron chi connectivity index (χ3n) is 3.35. The Kier molecular flexibility index (Phi) is 3.72. The largest absolute Gasteiger partial charge is 0.495 e. The van der Waals surface area contributed by atoms with Crippen molar-refractivity contribution in [3.05, 3.63) is 24.3 Å². The SMILES string of the molecule is COc1ccccc1N1CC(CCN)N(C)C1=O. The number of ether oxygens (including phenoxy) is 1. The molecule has 2 N–H and O–H groups in total. The number of carbonyl (C=O) groups excluding carboxylic acids is 1. The van der Waals surface area contributed by atoms with Crippen molar-refractivity contribution in [2.75, 3.05) is 32.1 Å². The maximum Gasteiger partial charge on any atom is 0.324 e. The molecule has 98 valence electrons. The van der Waals surface area contributed by atoms with Crippen LogP contribution in [0, 0.1) is 0 Å². The Bertz CT molecular complexity index is 436. The minimum Gasteiger partial charge on any atom is -0.495 e. The highest BCUT2D eigenvalue weighted by atomic mass is 16.5. The van der Waals surface area contributed by atoms with E-state index in [1.54, 1.807) is 16.9 Å². The molecule has 0 saturated carbocycles. The van der Waals surface area contributed by atoms with Crippen molar-refractivity contribution in [2.24, 2.45) is 5.73 Å². The highest BCUT2D eigenvalue weighted by Gasteiger charge is 2.35. The van der Waals surface area contributed by atoms with Crippen molar-refractivity contribution in [1.82, 2.24) is 4.90 Å². The van der Waals surface area contributed by atoms with E-state index in [1.807, 2.05) is 31.3 Å². The van der Waals surface area contributed by atoms with Crippen molar-refractivity contribution in [3.8, 4) is 5.75 Å². The fraction of sp³-hybridized carbons (Fsp3) is 0.462. The minimum atomic E-state index is -0.00190. The summed E-state index contributed by atoms with van der Waals surface area (Å²) >= 11 is 0. The molecule has 0 bridgehead atoms. The van der Waals surface area contributed by atoms with E-state index in [0.717, 1.165) is 12.1 Å². The summed E-state index contributed by atoms with van der Waals surface area (Å²) in [5.41, 5.74) is 6.39. The number of likely N-dealkylation sites (N-methyl/N-ethyl adjacent to an activating group) is 1. The first-order chi connectivity index (χ1) is 8.69. The number of hydrogen-bond donors (Lipinski definition) is 1. The van der Waals surface area contributed by atoms with Gasteiger partial charge in [-0.2, -0.15) is 0 Å². The number of methoxy groups -OCH3 is 1. The van der Waals surface area contributed by atoms with Crippen LogP contribution in [0.5, 0.6) is 5.75 Å². The minimum absolute atomic E-state index is 0.00190. The van der Waals surface area contributed by atoms with Crippen LogP contribution in [0.3, 0.4) is 0 Å². The summed E-state index contributed by atoms with van der Waals surface area (Å²) in [6, 6.07) is 7.73. The number of rotatable bonds is 4. The van der Waals surface area contributed by atoms with Gasteiger partial charge < -0.3 is 15.4 Å². The van der Waals surface area contributed by atoms with Gasteiger partial charge in [0.15, 0.2) is 0 Å². The molecule has 0 aliphatic carbocycles. The highest BCUT2D eigenvalue weighted by molar-refractivity contribution is 5.95. The normalized spacial score (nSPS) is 19.5. The van der Waals surface area contributed by atoms with Gasteiger partial charge in [0, 0.05) is 13.6 Å². The molecular weight excluding hydrogens is 230 g/mol. The topological polar surface area (TPSA) is 58.8 Å². The van der Waals surface area contributed by atoms with Crippen molar-refractivity contribution in [1.29, 1.82) is 0 Å². The van der Waals surface area contributed by atoms with E-state index < -0.39 is 0 Å². The number of nitrogens with two attached hydrogens (primary N) is 1. The van der Waals surface area contributed by atoms with Gasteiger partial charge in [-0.15, -0.1) is 0 Å². The van der Waals surface area contributed by atoms with Crippen LogP contribution in [0.1, 0.15) is 6.42 Å². The Balaban J connectivity index is 2.26. The van der Waals surface area contributed by atoms with Crippen LogP contribution in [-0.2, 0) is 0 Å². The second-order valence-corrected chi connectivity index (χ2v) is 4.41. The van der Waals surface area contributed by atoms with Crippen LogP contribution < -0.4 is 15.4 Å². The lowest BCUT2D eigenvalue weighted by Crippen LogP contribution is -2.32. The second kappa shape index (κ2) is 5.27. The van der Waals surface area contributed by atoms with Gasteiger partial charge in [0.25, 0.3) is 0 Å². The van der Waals surface area contributed by atoms with Crippen molar-refractivity contribution < 1.29 is 9.53 Å². The smallest absolute Gasteiger partial charge is 0.324 e. The number of nitrogens with zero attached hydrogens (tertiary/aromatic N) is 2. The molecule has 1 aliphatic rings. The number of carbonyl (C=O) groups is 1. The number of para-hydroxylation sites is 2. The van der Waals surface area contributed by atoms with Crippen LogP contribution in [-0.4, -0.2) is 44.2 Å². The van der Waals surface area contributed by atoms with Gasteiger partial charge in [0.1, 0.15) is 5.75 Å². The lowest BCUT2D eigenvalue weighted by molar-refractivity contribution is 0.217. The van der Waals surface area contributed by atoms with Crippen LogP contribution in [0.15, 0.2) is 24.3 Å². The molecule has 1 aliphatic heterocycles. The number of urea groups is 1. The first-order valence-corrected chi connectivity index (χ1v) is 6.06. The van der Waals surface area contributed by atoms with Gasteiger partial charge in [0.2, 0.25) is 0 Å². The van der Waals surface area contributed by atoms with E-state index in [1.165, 1.54) is 0 Å². The molecule has 0 radical (unpaired) electrons. The molecular formula is C13H19N3O2. The third-order valence-corrected chi connectivity index (χ3v) is 3.35. The Labute approximate surface area is 107 Å². The van der Waals surface area contributed by atoms with Gasteiger partial charge in [0.05, 0.1) is 18.8 Å². The summed E-state index contributed by atoms with van der Waals surface area (Å²) in [5, 5.41) is 0. The molecule has 1 saturated heterocycles. The van der Waals surface area contributed by atoms with E-state index in [9.17, 15) is 4.79 Å². The average molecular weight is 249 g/mol. The van der Waals surface area contributed by atoms with E-state index >= 15 is 0 Å². The molecule has 2 rings (SSSR count). The lowest BCUT2D eigenvalue weighted by atomic mass is 10.2. The van der Waals surface area contributed by atoms with Crippen LogP contribution in [0.4, 0.5) is 10.5 Å². The van der Waals surface area contributed by atoms with Crippen LogP contribution in [0.2, 0.25) is 0 Å². The molecule has 1 unspecified atom stereocenters. The van der Waals surface area contributed by atoms with Crippen LogP contribution in [0.25, 0.3) is 0 Å². The maximum absolute atomic E-state index is 12.2. The first kappa shape index (κ1) is 12.7. The molecule has 2 amide bonds. The van der Waals surface area contributed by atoms with Crippen molar-refractivity contribution >= 4 is 11.7 Å². The zero-order valence-electron chi connectivity index (χ0n) is 10.8. The highest BCUT2D eigenvalue weighted by Crippen LogP contribution is 2.31. The Morgan fingerprint density at radius 2 is 2.17 bits per heavy atom. The predicted molar refractivity (Wildman–Crippen MR) is 71.0 cm³/mol. The third kappa shape index (κ3) is 2.13. The summed E-state index contributed by atoms with van der Waals surface area (Å²) in [6.45, 7) is 1.24. The zero-order chi connectivity index (χ0) is 13.1. The molecule has 1 aromatic rings. The maximum atomic E-state index is 12.2. The molecule has 1 heterocycles. The first-order valence-electron chi connectivity index (χ1n) is 6.06. The molecule has 0 spiro atoms. The van der Waals surface area contributed by atoms with E-state index in [0.29, 0.717) is 18.8 Å². The quantitative estimate of drug-likeness (QED) is 0.874. The fourth-order valence-electron chi connectivity index (χ4n) is 2.29. The molecule has 1 aromatic carbocycles. The summed E-state index contributed by atoms with van der Waals surface area (Å²) in [6.07, 6.45) is 0.813. The monoisotopic (exact) mass is 249 g/mol. The van der Waals surface area contributed by atoms with Gasteiger partial charge in [-0.25, -0.2) is 4.79 Å². The zero-order valence-corrected chi connectivity index (χ0v) is 10.8.